The summed E-state index contributed by atoms with van der Waals surface area (Å²) in [5.74, 6) is -1.82. The van der Waals surface area contributed by atoms with Gasteiger partial charge in [-0.1, -0.05) is 11.3 Å². The van der Waals surface area contributed by atoms with E-state index >= 15 is 0 Å². The Hall–Kier alpha value is -2.72. The molecule has 0 spiro atoms. The average molecular weight is 378 g/mol. The summed E-state index contributed by atoms with van der Waals surface area (Å²) < 4.78 is 13.3. The summed E-state index contributed by atoms with van der Waals surface area (Å²) in [6.45, 7) is 1.38. The Morgan fingerprint density at radius 2 is 2.28 bits per heavy atom. The molecular weight excluding hydrogens is 367 g/mol. The van der Waals surface area contributed by atoms with Crippen molar-refractivity contribution in [2.45, 2.75) is 6.92 Å². The number of carbonyl (C=O) groups is 2. The first-order valence-corrected chi connectivity index (χ1v) is 8.55. The number of amides is 2. The van der Waals surface area contributed by atoms with Crippen LogP contribution in [0.25, 0.3) is 6.08 Å². The highest BCUT2D eigenvalue weighted by Crippen LogP contribution is 2.31. The van der Waals surface area contributed by atoms with E-state index in [1.54, 1.807) is 12.3 Å². The van der Waals surface area contributed by atoms with Gasteiger partial charge in [0.2, 0.25) is 5.91 Å². The molecule has 1 aromatic heterocycles. The van der Waals surface area contributed by atoms with Crippen LogP contribution in [0, 0.1) is 5.82 Å². The van der Waals surface area contributed by atoms with Gasteiger partial charge in [-0.15, -0.1) is 0 Å². The molecule has 0 unspecified atom stereocenters. The fraction of sp³-hybridized carbons (Fsp3) is 0.0667. The van der Waals surface area contributed by atoms with Crippen LogP contribution in [-0.4, -0.2) is 27.1 Å². The number of aromatic hydroxyl groups is 1. The minimum absolute atomic E-state index is 0.225. The van der Waals surface area contributed by atoms with Gasteiger partial charge in [0.25, 0.3) is 5.91 Å². The van der Waals surface area contributed by atoms with Gasteiger partial charge in [-0.2, -0.15) is 0 Å². The quantitative estimate of drug-likeness (QED) is 0.713. The molecule has 1 aliphatic rings. The van der Waals surface area contributed by atoms with Crippen molar-refractivity contribution in [3.05, 3.63) is 40.0 Å². The summed E-state index contributed by atoms with van der Waals surface area (Å²) in [4.78, 5) is 32.3. The second-order valence-electron chi connectivity index (χ2n) is 4.87. The lowest BCUT2D eigenvalue weighted by Gasteiger charge is -1.98. The van der Waals surface area contributed by atoms with Crippen LogP contribution in [0.5, 0.6) is 5.75 Å². The van der Waals surface area contributed by atoms with Gasteiger partial charge in [0.15, 0.2) is 21.9 Å². The number of anilines is 1. The zero-order valence-corrected chi connectivity index (χ0v) is 14.4. The molecule has 25 heavy (non-hydrogen) atoms. The second-order valence-corrected chi connectivity index (χ2v) is 6.96. The third-order valence-corrected chi connectivity index (χ3v) is 4.66. The molecule has 7 nitrogen and oxygen atoms in total. The minimum atomic E-state index is -0.790. The predicted octanol–water partition coefficient (Wildman–Crippen LogP) is 2.84. The number of phenolic OH excluding ortho intramolecular Hbond substituents is 1. The van der Waals surface area contributed by atoms with Crippen molar-refractivity contribution in [2.75, 3.05) is 5.32 Å². The number of phenols is 1. The maximum Gasteiger partial charge on any atom is 0.264 e. The molecule has 0 saturated carbocycles. The first-order valence-electron chi connectivity index (χ1n) is 6.92. The summed E-state index contributed by atoms with van der Waals surface area (Å²) in [6.07, 6.45) is 3.17. The Balaban J connectivity index is 1.77. The van der Waals surface area contributed by atoms with E-state index in [2.05, 4.69) is 20.6 Å². The third-order valence-electron chi connectivity index (χ3n) is 2.89. The predicted molar refractivity (Wildman–Crippen MR) is 95.3 cm³/mol. The van der Waals surface area contributed by atoms with E-state index in [9.17, 15) is 19.1 Å². The van der Waals surface area contributed by atoms with Gasteiger partial charge in [-0.05, 0) is 30.0 Å². The smallest absolute Gasteiger partial charge is 0.264 e. The maximum absolute atomic E-state index is 13.3. The van der Waals surface area contributed by atoms with Crippen LogP contribution >= 0.6 is 23.1 Å². The van der Waals surface area contributed by atoms with E-state index in [1.807, 2.05) is 0 Å². The monoisotopic (exact) mass is 378 g/mol. The maximum atomic E-state index is 13.3. The molecule has 1 aromatic carbocycles. The highest BCUT2D eigenvalue weighted by atomic mass is 32.2. The molecule has 0 bridgehead atoms. The lowest BCUT2D eigenvalue weighted by Crippen LogP contribution is -2.19. The molecule has 1 saturated heterocycles. The number of benzene rings is 1. The first kappa shape index (κ1) is 17.1. The first-order chi connectivity index (χ1) is 11.9. The van der Waals surface area contributed by atoms with Crippen LogP contribution in [0.15, 0.2) is 34.3 Å². The number of hydrogen-bond donors (Lipinski definition) is 3. The SMILES string of the molecule is CC(=O)Nc1ncc(/C=C2\S/C(=N\c3ccc(O)c(F)c3)NC2=O)s1. The highest BCUT2D eigenvalue weighted by molar-refractivity contribution is 8.18. The largest absolute Gasteiger partial charge is 0.505 e. The van der Waals surface area contributed by atoms with Gasteiger partial charge >= 0.3 is 0 Å². The topological polar surface area (TPSA) is 104 Å². The summed E-state index contributed by atoms with van der Waals surface area (Å²) in [5, 5.41) is 15.1. The zero-order chi connectivity index (χ0) is 18.0. The molecule has 1 aliphatic heterocycles. The number of aliphatic imine (C=N–C) groups is 1. The average Bonchev–Trinajstić information content (AvgIpc) is 3.10. The number of amidine groups is 1. The lowest BCUT2D eigenvalue weighted by atomic mass is 10.3. The van der Waals surface area contributed by atoms with E-state index in [4.69, 9.17) is 0 Å². The van der Waals surface area contributed by atoms with Gasteiger partial charge in [0.05, 0.1) is 15.5 Å². The van der Waals surface area contributed by atoms with Crippen LogP contribution in [0.1, 0.15) is 11.8 Å². The van der Waals surface area contributed by atoms with E-state index in [0.29, 0.717) is 20.1 Å². The van der Waals surface area contributed by atoms with Crippen LogP contribution < -0.4 is 10.6 Å². The Morgan fingerprint density at radius 3 is 3.00 bits per heavy atom. The molecule has 2 aromatic rings. The second kappa shape index (κ2) is 7.03. The third kappa shape index (κ3) is 4.22. The molecule has 3 rings (SSSR count). The van der Waals surface area contributed by atoms with Crippen molar-refractivity contribution in [2.24, 2.45) is 4.99 Å². The van der Waals surface area contributed by atoms with Crippen molar-refractivity contribution in [1.82, 2.24) is 10.3 Å². The fourth-order valence-electron chi connectivity index (χ4n) is 1.85. The molecular formula is C15H11FN4O3S2. The number of thiazole rings is 1. The Kier molecular flexibility index (Phi) is 4.81. The zero-order valence-electron chi connectivity index (χ0n) is 12.7. The number of halogens is 1. The molecule has 3 N–H and O–H groups in total. The van der Waals surface area contributed by atoms with Gasteiger partial charge in [0, 0.05) is 19.2 Å². The van der Waals surface area contributed by atoms with E-state index in [0.717, 1.165) is 17.8 Å². The van der Waals surface area contributed by atoms with Crippen molar-refractivity contribution in [3.8, 4) is 5.75 Å². The molecule has 1 fully saturated rings. The Labute approximate surface area is 149 Å². The molecule has 0 radical (unpaired) electrons. The summed E-state index contributed by atoms with van der Waals surface area (Å²) in [5.41, 5.74) is 0.269. The van der Waals surface area contributed by atoms with Crippen molar-refractivity contribution in [1.29, 1.82) is 0 Å². The van der Waals surface area contributed by atoms with Crippen molar-refractivity contribution in [3.63, 3.8) is 0 Å². The van der Waals surface area contributed by atoms with Gasteiger partial charge < -0.3 is 15.7 Å². The standard InChI is InChI=1S/C15H11FN4O3S2/c1-7(21)18-14-17-6-9(24-14)5-12-13(23)20-15(25-12)19-8-2-3-11(22)10(16)4-8/h2-6,22H,1H3,(H,17,18,21)(H,19,20,23)/b12-5-. The van der Waals surface area contributed by atoms with Crippen molar-refractivity contribution >= 4 is 57.0 Å². The molecule has 2 heterocycles. The van der Waals surface area contributed by atoms with Gasteiger partial charge in [-0.3, -0.25) is 9.59 Å². The summed E-state index contributed by atoms with van der Waals surface area (Å²) in [6, 6.07) is 3.69. The van der Waals surface area contributed by atoms with Crippen LogP contribution in [-0.2, 0) is 9.59 Å². The van der Waals surface area contributed by atoms with Crippen molar-refractivity contribution < 1.29 is 19.1 Å². The number of rotatable bonds is 3. The molecule has 2 amide bonds. The molecule has 10 heteroatoms. The minimum Gasteiger partial charge on any atom is -0.505 e. The number of thioether (sulfide) groups is 1. The molecule has 0 aliphatic carbocycles. The van der Waals surface area contributed by atoms with Crippen LogP contribution in [0.4, 0.5) is 15.2 Å². The van der Waals surface area contributed by atoms with Gasteiger partial charge in [0.1, 0.15) is 0 Å². The Bertz CT molecular complexity index is 923. The Morgan fingerprint density at radius 1 is 1.48 bits per heavy atom. The number of aromatic nitrogens is 1. The highest BCUT2D eigenvalue weighted by Gasteiger charge is 2.24. The summed E-state index contributed by atoms with van der Waals surface area (Å²) in [7, 11) is 0. The molecule has 0 atom stereocenters. The number of nitrogens with one attached hydrogen (secondary N) is 2. The molecule has 128 valence electrons. The lowest BCUT2D eigenvalue weighted by molar-refractivity contribution is -0.115. The number of carbonyl (C=O) groups excluding carboxylic acids is 2. The van der Waals surface area contributed by atoms with E-state index in [1.165, 1.54) is 30.4 Å². The normalized spacial score (nSPS) is 17.1. The number of hydrogen-bond acceptors (Lipinski definition) is 7. The fourth-order valence-corrected chi connectivity index (χ4v) is 3.57. The number of nitrogens with zero attached hydrogens (tertiary/aromatic N) is 2. The van der Waals surface area contributed by atoms with Gasteiger partial charge in [-0.25, -0.2) is 14.4 Å². The summed E-state index contributed by atoms with van der Waals surface area (Å²) >= 11 is 2.33. The van der Waals surface area contributed by atoms with Crippen LogP contribution in [0.3, 0.4) is 0 Å². The van der Waals surface area contributed by atoms with Crippen LogP contribution in [0.2, 0.25) is 0 Å². The van der Waals surface area contributed by atoms with E-state index < -0.39 is 11.6 Å². The van der Waals surface area contributed by atoms with E-state index in [-0.39, 0.29) is 17.5 Å².